The molecular weight excluding hydrogens is 372 g/mol. The molecule has 3 fully saturated rings. The minimum Gasteiger partial charge on any atom is -0.381 e. The monoisotopic (exact) mass is 398 g/mol. The molecule has 8 heteroatoms. The molecule has 4 heterocycles. The van der Waals surface area contributed by atoms with Gasteiger partial charge < -0.3 is 20.3 Å². The van der Waals surface area contributed by atoms with Crippen molar-refractivity contribution in [3.05, 3.63) is 34.9 Å². The molecule has 0 saturated carbocycles. The third-order valence-corrected chi connectivity index (χ3v) is 6.86. The maximum atomic E-state index is 13.0. The Morgan fingerprint density at radius 3 is 3.03 bits per heavy atom. The van der Waals surface area contributed by atoms with Crippen molar-refractivity contribution < 1.29 is 19.1 Å². The molecule has 0 spiro atoms. The Kier molecular flexibility index (Phi) is 4.64. The van der Waals surface area contributed by atoms with Crippen LogP contribution in [0.2, 0.25) is 0 Å². The summed E-state index contributed by atoms with van der Waals surface area (Å²) in [5.41, 5.74) is 2.72. The van der Waals surface area contributed by atoms with Crippen LogP contribution in [0.15, 0.2) is 18.2 Å². The Bertz CT molecular complexity index is 872. The molecular formula is C21H26N4O4. The molecule has 0 bridgehead atoms. The summed E-state index contributed by atoms with van der Waals surface area (Å²) >= 11 is 0. The van der Waals surface area contributed by atoms with Crippen molar-refractivity contribution in [3.63, 3.8) is 0 Å². The molecule has 0 aliphatic carbocycles. The van der Waals surface area contributed by atoms with Gasteiger partial charge in [-0.05, 0) is 30.0 Å². The second-order valence-electron chi connectivity index (χ2n) is 8.55. The van der Waals surface area contributed by atoms with Crippen molar-refractivity contribution in [1.29, 1.82) is 0 Å². The highest BCUT2D eigenvalue weighted by Crippen LogP contribution is 2.31. The molecule has 8 nitrogen and oxygen atoms in total. The van der Waals surface area contributed by atoms with Crippen LogP contribution in [0.1, 0.15) is 40.7 Å². The molecule has 3 unspecified atom stereocenters. The Morgan fingerprint density at radius 2 is 2.17 bits per heavy atom. The Hall–Kier alpha value is -2.29. The summed E-state index contributed by atoms with van der Waals surface area (Å²) in [4.78, 5) is 38.2. The summed E-state index contributed by atoms with van der Waals surface area (Å²) in [7, 11) is 0. The molecule has 3 amide bonds. The first-order chi connectivity index (χ1) is 14.1. The predicted molar refractivity (Wildman–Crippen MR) is 104 cm³/mol. The third-order valence-electron chi connectivity index (χ3n) is 6.86. The second kappa shape index (κ2) is 7.19. The average Bonchev–Trinajstić information content (AvgIpc) is 3.28. The highest BCUT2D eigenvalue weighted by molar-refractivity contribution is 6.05. The molecule has 0 aromatic heterocycles. The lowest BCUT2D eigenvalue weighted by atomic mass is 9.83. The topological polar surface area (TPSA) is 99.8 Å². The average molecular weight is 398 g/mol. The molecule has 5 rings (SSSR count). The first-order valence-corrected chi connectivity index (χ1v) is 10.4. The number of nitrogens with one attached hydrogen (secondary N) is 3. The molecule has 3 N–H and O–H groups in total. The number of rotatable bonds is 4. The van der Waals surface area contributed by atoms with Gasteiger partial charge in [-0.25, -0.2) is 0 Å². The third kappa shape index (κ3) is 3.25. The molecule has 1 aromatic rings. The molecule has 0 radical (unpaired) electrons. The van der Waals surface area contributed by atoms with E-state index < -0.39 is 6.04 Å². The van der Waals surface area contributed by atoms with Crippen molar-refractivity contribution in [1.82, 2.24) is 20.9 Å². The Labute approximate surface area is 169 Å². The number of carbonyl (C=O) groups is 3. The van der Waals surface area contributed by atoms with Crippen LogP contribution in [0, 0.1) is 5.92 Å². The zero-order valence-electron chi connectivity index (χ0n) is 16.3. The van der Waals surface area contributed by atoms with Gasteiger partial charge in [0, 0.05) is 56.2 Å². The number of nitrogens with zero attached hydrogens (tertiary/aromatic N) is 1. The lowest BCUT2D eigenvalue weighted by Crippen LogP contribution is -2.55. The van der Waals surface area contributed by atoms with E-state index in [0.29, 0.717) is 31.0 Å². The minimum absolute atomic E-state index is 0.0556. The van der Waals surface area contributed by atoms with Crippen LogP contribution in [0.25, 0.3) is 0 Å². The van der Waals surface area contributed by atoms with Crippen molar-refractivity contribution in [2.75, 3.05) is 26.3 Å². The number of fused-ring (bicyclic) bond motifs is 2. The van der Waals surface area contributed by atoms with Crippen LogP contribution in [0.4, 0.5) is 0 Å². The molecule has 4 aliphatic heterocycles. The quantitative estimate of drug-likeness (QED) is 0.614. The molecule has 154 valence electrons. The summed E-state index contributed by atoms with van der Waals surface area (Å²) in [5.74, 6) is -0.296. The number of hydrogen-bond acceptors (Lipinski definition) is 6. The number of hydrogen-bond donors (Lipinski definition) is 3. The van der Waals surface area contributed by atoms with Crippen LogP contribution in [-0.4, -0.2) is 60.5 Å². The normalized spacial score (nSPS) is 31.6. The van der Waals surface area contributed by atoms with Crippen LogP contribution in [0.3, 0.4) is 0 Å². The van der Waals surface area contributed by atoms with Gasteiger partial charge in [-0.1, -0.05) is 12.1 Å². The fourth-order valence-electron chi connectivity index (χ4n) is 5.09. The summed E-state index contributed by atoms with van der Waals surface area (Å²) in [6, 6.07) is 5.42. The van der Waals surface area contributed by atoms with Crippen molar-refractivity contribution in [2.45, 2.75) is 43.9 Å². The summed E-state index contributed by atoms with van der Waals surface area (Å²) in [6.07, 6.45) is 1.64. The number of imide groups is 1. The highest BCUT2D eigenvalue weighted by Gasteiger charge is 2.44. The Morgan fingerprint density at radius 1 is 1.28 bits per heavy atom. The summed E-state index contributed by atoms with van der Waals surface area (Å²) in [6.45, 7) is 4.57. The molecule has 3 atom stereocenters. The van der Waals surface area contributed by atoms with Gasteiger partial charge in [-0.15, -0.1) is 0 Å². The van der Waals surface area contributed by atoms with E-state index in [-0.39, 0.29) is 29.7 Å². The lowest BCUT2D eigenvalue weighted by molar-refractivity contribution is -0.136. The van der Waals surface area contributed by atoms with Gasteiger partial charge in [0.1, 0.15) is 6.04 Å². The van der Waals surface area contributed by atoms with Crippen LogP contribution in [-0.2, 0) is 27.4 Å². The van der Waals surface area contributed by atoms with E-state index in [9.17, 15) is 14.4 Å². The van der Waals surface area contributed by atoms with E-state index in [1.54, 1.807) is 4.90 Å². The van der Waals surface area contributed by atoms with E-state index in [1.165, 1.54) is 0 Å². The molecule has 4 aliphatic rings. The van der Waals surface area contributed by atoms with Gasteiger partial charge >= 0.3 is 0 Å². The smallest absolute Gasteiger partial charge is 0.255 e. The lowest BCUT2D eigenvalue weighted by Gasteiger charge is -2.39. The number of piperidine rings is 1. The highest BCUT2D eigenvalue weighted by atomic mass is 16.5. The number of ether oxygens (including phenoxy) is 1. The molecule has 29 heavy (non-hydrogen) atoms. The largest absolute Gasteiger partial charge is 0.381 e. The zero-order valence-corrected chi connectivity index (χ0v) is 16.3. The van der Waals surface area contributed by atoms with Crippen LogP contribution < -0.4 is 16.0 Å². The van der Waals surface area contributed by atoms with Crippen LogP contribution >= 0.6 is 0 Å². The van der Waals surface area contributed by atoms with Crippen molar-refractivity contribution in [3.8, 4) is 0 Å². The van der Waals surface area contributed by atoms with E-state index in [0.717, 1.165) is 43.9 Å². The maximum absolute atomic E-state index is 13.0. The maximum Gasteiger partial charge on any atom is 0.255 e. The summed E-state index contributed by atoms with van der Waals surface area (Å²) < 4.78 is 5.64. The number of amides is 3. The number of carbonyl (C=O) groups excluding carboxylic acids is 3. The van der Waals surface area contributed by atoms with E-state index >= 15 is 0 Å². The fourth-order valence-corrected chi connectivity index (χ4v) is 5.09. The first-order valence-electron chi connectivity index (χ1n) is 10.4. The molecule has 1 aromatic carbocycles. The van der Waals surface area contributed by atoms with E-state index in [4.69, 9.17) is 4.74 Å². The predicted octanol–water partition coefficient (Wildman–Crippen LogP) is -0.0843. The second-order valence-corrected chi connectivity index (χ2v) is 8.55. The Balaban J connectivity index is 1.29. The number of benzene rings is 1. The van der Waals surface area contributed by atoms with Gasteiger partial charge in [0.05, 0.1) is 6.61 Å². The van der Waals surface area contributed by atoms with E-state index in [2.05, 4.69) is 22.0 Å². The molecule has 3 saturated heterocycles. The SMILES string of the molecule is O=C1CCC(N2Cc3ccc(CNC45CCOCC4CNC5)cc3C2=O)C(=O)N1. The van der Waals surface area contributed by atoms with Gasteiger partial charge in [0.2, 0.25) is 11.8 Å². The van der Waals surface area contributed by atoms with Gasteiger partial charge in [0.25, 0.3) is 5.91 Å². The van der Waals surface area contributed by atoms with Crippen LogP contribution in [0.5, 0.6) is 0 Å². The zero-order chi connectivity index (χ0) is 20.0. The van der Waals surface area contributed by atoms with Gasteiger partial charge in [0.15, 0.2) is 0 Å². The first kappa shape index (κ1) is 18.7. The van der Waals surface area contributed by atoms with Crippen molar-refractivity contribution >= 4 is 17.7 Å². The van der Waals surface area contributed by atoms with E-state index in [1.807, 2.05) is 12.1 Å². The van der Waals surface area contributed by atoms with Gasteiger partial charge in [-0.3, -0.25) is 19.7 Å². The van der Waals surface area contributed by atoms with Crippen molar-refractivity contribution in [2.24, 2.45) is 5.92 Å². The standard InChI is InChI=1S/C21H26N4O4/c26-18-4-3-17(19(27)24-18)25-10-14-2-1-13(7-16(14)20(25)28)8-23-21-5-6-29-11-15(21)9-22-12-21/h1-2,7,15,17,22-23H,3-6,8-12H2,(H,24,26,27). The fraction of sp³-hybridized carbons (Fsp3) is 0.571. The summed E-state index contributed by atoms with van der Waals surface area (Å²) in [5, 5.41) is 9.56. The minimum atomic E-state index is -0.569. The van der Waals surface area contributed by atoms with Gasteiger partial charge in [-0.2, -0.15) is 0 Å².